The van der Waals surface area contributed by atoms with Crippen LogP contribution in [0.2, 0.25) is 0 Å². The second-order valence-electron chi connectivity index (χ2n) is 4.20. The molecule has 2 aliphatic carbocycles. The molecule has 0 radical (unpaired) electrons. The molecule has 2 rings (SSSR count). The highest BCUT2D eigenvalue weighted by Gasteiger charge is 2.46. The van der Waals surface area contributed by atoms with E-state index in [1.165, 1.54) is 5.57 Å². The van der Waals surface area contributed by atoms with Crippen molar-refractivity contribution < 1.29 is 9.90 Å². The molecule has 1 N–H and O–H groups in total. The summed E-state index contributed by atoms with van der Waals surface area (Å²) in [7, 11) is 0. The van der Waals surface area contributed by atoms with E-state index in [2.05, 4.69) is 6.92 Å². The summed E-state index contributed by atoms with van der Waals surface area (Å²) >= 11 is 0. The van der Waals surface area contributed by atoms with Crippen LogP contribution in [-0.2, 0) is 4.79 Å². The standard InChI is InChI=1S/C11H16O2/c1-2-11-6-5-9(12)7-8(11)3-4-10(11)13/h7,10,13H,2-6H2,1H3. The first-order chi connectivity index (χ1) is 6.19. The fraction of sp³-hybridized carbons (Fsp3) is 0.727. The predicted octanol–water partition coefficient (Wildman–Crippen LogP) is 1.83. The van der Waals surface area contributed by atoms with E-state index in [0.717, 1.165) is 25.7 Å². The molecule has 13 heavy (non-hydrogen) atoms. The highest BCUT2D eigenvalue weighted by Crippen LogP contribution is 2.50. The SMILES string of the molecule is CCC12CCC(=O)C=C1CCC2O. The van der Waals surface area contributed by atoms with Crippen molar-refractivity contribution in [1.82, 2.24) is 0 Å². The largest absolute Gasteiger partial charge is 0.392 e. The Morgan fingerprint density at radius 3 is 3.08 bits per heavy atom. The molecule has 0 bridgehead atoms. The summed E-state index contributed by atoms with van der Waals surface area (Å²) in [4.78, 5) is 11.2. The van der Waals surface area contributed by atoms with Crippen molar-refractivity contribution in [2.75, 3.05) is 0 Å². The van der Waals surface area contributed by atoms with E-state index in [1.54, 1.807) is 6.08 Å². The summed E-state index contributed by atoms with van der Waals surface area (Å²) in [5, 5.41) is 9.91. The van der Waals surface area contributed by atoms with Crippen molar-refractivity contribution in [3.63, 3.8) is 0 Å². The predicted molar refractivity (Wildman–Crippen MR) is 50.3 cm³/mol. The number of rotatable bonds is 1. The highest BCUT2D eigenvalue weighted by atomic mass is 16.3. The molecule has 0 aromatic rings. The van der Waals surface area contributed by atoms with Crippen LogP contribution in [0.25, 0.3) is 0 Å². The quantitative estimate of drug-likeness (QED) is 0.668. The van der Waals surface area contributed by atoms with Gasteiger partial charge < -0.3 is 5.11 Å². The van der Waals surface area contributed by atoms with E-state index < -0.39 is 0 Å². The Balaban J connectivity index is 2.38. The van der Waals surface area contributed by atoms with Gasteiger partial charge in [0.15, 0.2) is 5.78 Å². The highest BCUT2D eigenvalue weighted by molar-refractivity contribution is 5.91. The molecule has 0 aromatic heterocycles. The van der Waals surface area contributed by atoms with Gasteiger partial charge in [-0.3, -0.25) is 4.79 Å². The first-order valence-electron chi connectivity index (χ1n) is 5.11. The zero-order valence-corrected chi connectivity index (χ0v) is 8.05. The van der Waals surface area contributed by atoms with Gasteiger partial charge in [0.2, 0.25) is 0 Å². The third-order valence-corrected chi connectivity index (χ3v) is 3.75. The second-order valence-corrected chi connectivity index (χ2v) is 4.20. The molecule has 0 aliphatic heterocycles. The maximum absolute atomic E-state index is 11.2. The lowest BCUT2D eigenvalue weighted by Gasteiger charge is -2.35. The van der Waals surface area contributed by atoms with Gasteiger partial charge in [0.1, 0.15) is 0 Å². The fourth-order valence-electron chi connectivity index (χ4n) is 2.83. The van der Waals surface area contributed by atoms with Crippen molar-refractivity contribution in [1.29, 1.82) is 0 Å². The van der Waals surface area contributed by atoms with Gasteiger partial charge in [-0.15, -0.1) is 0 Å². The number of hydrogen-bond acceptors (Lipinski definition) is 2. The van der Waals surface area contributed by atoms with Crippen LogP contribution in [-0.4, -0.2) is 17.0 Å². The Kier molecular flexibility index (Phi) is 2.03. The third-order valence-electron chi connectivity index (χ3n) is 3.75. The number of ketones is 1. The smallest absolute Gasteiger partial charge is 0.155 e. The molecule has 72 valence electrons. The fourth-order valence-corrected chi connectivity index (χ4v) is 2.83. The average Bonchev–Trinajstić information content (AvgIpc) is 2.44. The van der Waals surface area contributed by atoms with E-state index in [1.807, 2.05) is 0 Å². The van der Waals surface area contributed by atoms with Gasteiger partial charge in [-0.1, -0.05) is 12.5 Å². The molecule has 2 heteroatoms. The van der Waals surface area contributed by atoms with Gasteiger partial charge >= 0.3 is 0 Å². The lowest BCUT2D eigenvalue weighted by molar-refractivity contribution is -0.116. The lowest BCUT2D eigenvalue weighted by Crippen LogP contribution is -2.33. The number of fused-ring (bicyclic) bond motifs is 1. The number of allylic oxidation sites excluding steroid dienone is 1. The zero-order chi connectivity index (χ0) is 9.47. The summed E-state index contributed by atoms with van der Waals surface area (Å²) in [6.45, 7) is 2.11. The maximum atomic E-state index is 11.2. The number of carbonyl (C=O) groups excluding carboxylic acids is 1. The molecular formula is C11H16O2. The number of aliphatic hydroxyl groups excluding tert-OH is 1. The van der Waals surface area contributed by atoms with Crippen molar-refractivity contribution in [3.05, 3.63) is 11.6 Å². The monoisotopic (exact) mass is 180 g/mol. The van der Waals surface area contributed by atoms with Crippen LogP contribution in [0.4, 0.5) is 0 Å². The van der Waals surface area contributed by atoms with Gasteiger partial charge in [-0.25, -0.2) is 0 Å². The molecular weight excluding hydrogens is 164 g/mol. The molecule has 0 spiro atoms. The van der Waals surface area contributed by atoms with Crippen LogP contribution >= 0.6 is 0 Å². The normalized spacial score (nSPS) is 38.8. The first-order valence-corrected chi connectivity index (χ1v) is 5.11. The molecule has 1 saturated carbocycles. The number of carbonyl (C=O) groups is 1. The Labute approximate surface area is 78.6 Å². The van der Waals surface area contributed by atoms with Gasteiger partial charge in [-0.2, -0.15) is 0 Å². The molecule has 2 atom stereocenters. The van der Waals surface area contributed by atoms with Gasteiger partial charge in [0.05, 0.1) is 6.10 Å². The topological polar surface area (TPSA) is 37.3 Å². The molecule has 0 amide bonds. The minimum absolute atomic E-state index is 0.0338. The lowest BCUT2D eigenvalue weighted by atomic mass is 9.71. The molecule has 2 aliphatic rings. The summed E-state index contributed by atoms with van der Waals surface area (Å²) in [5.41, 5.74) is 1.17. The van der Waals surface area contributed by atoms with E-state index in [4.69, 9.17) is 0 Å². The summed E-state index contributed by atoms with van der Waals surface area (Å²) in [6, 6.07) is 0. The van der Waals surface area contributed by atoms with Crippen LogP contribution in [0.3, 0.4) is 0 Å². The molecule has 1 fully saturated rings. The van der Waals surface area contributed by atoms with Crippen LogP contribution in [0, 0.1) is 5.41 Å². The Morgan fingerprint density at radius 1 is 1.62 bits per heavy atom. The van der Waals surface area contributed by atoms with E-state index in [9.17, 15) is 9.90 Å². The minimum atomic E-state index is -0.211. The minimum Gasteiger partial charge on any atom is -0.392 e. The zero-order valence-electron chi connectivity index (χ0n) is 8.05. The first kappa shape index (κ1) is 8.95. The molecule has 0 heterocycles. The Bertz CT molecular complexity index is 267. The van der Waals surface area contributed by atoms with Crippen molar-refractivity contribution in [3.8, 4) is 0 Å². The van der Waals surface area contributed by atoms with Gasteiger partial charge in [0.25, 0.3) is 0 Å². The summed E-state index contributed by atoms with van der Waals surface area (Å²) in [5.74, 6) is 0.244. The summed E-state index contributed by atoms with van der Waals surface area (Å²) in [6.07, 6.45) is 5.77. The Hall–Kier alpha value is -0.630. The van der Waals surface area contributed by atoms with E-state index in [-0.39, 0.29) is 17.3 Å². The average molecular weight is 180 g/mol. The number of hydrogen-bond donors (Lipinski definition) is 1. The van der Waals surface area contributed by atoms with Crippen LogP contribution in [0.15, 0.2) is 11.6 Å². The Morgan fingerprint density at radius 2 is 2.38 bits per heavy atom. The molecule has 2 unspecified atom stereocenters. The van der Waals surface area contributed by atoms with Crippen molar-refractivity contribution >= 4 is 5.78 Å². The van der Waals surface area contributed by atoms with E-state index >= 15 is 0 Å². The number of aliphatic hydroxyl groups is 1. The van der Waals surface area contributed by atoms with Crippen LogP contribution in [0.5, 0.6) is 0 Å². The van der Waals surface area contributed by atoms with Crippen LogP contribution in [0.1, 0.15) is 39.0 Å². The molecule has 0 aromatic carbocycles. The van der Waals surface area contributed by atoms with Gasteiger partial charge in [0, 0.05) is 11.8 Å². The van der Waals surface area contributed by atoms with E-state index in [0.29, 0.717) is 6.42 Å². The second kappa shape index (κ2) is 2.95. The van der Waals surface area contributed by atoms with Crippen molar-refractivity contribution in [2.24, 2.45) is 5.41 Å². The molecule has 0 saturated heterocycles. The summed E-state index contributed by atoms with van der Waals surface area (Å²) < 4.78 is 0. The third kappa shape index (κ3) is 1.16. The van der Waals surface area contributed by atoms with Gasteiger partial charge in [-0.05, 0) is 31.8 Å². The maximum Gasteiger partial charge on any atom is 0.155 e. The molecule has 2 nitrogen and oxygen atoms in total. The van der Waals surface area contributed by atoms with Crippen molar-refractivity contribution in [2.45, 2.75) is 45.1 Å². The van der Waals surface area contributed by atoms with Crippen LogP contribution < -0.4 is 0 Å².